The number of nitrogens with zero attached hydrogens (tertiary/aromatic N) is 2. The monoisotopic (exact) mass is 409 g/mol. The lowest BCUT2D eigenvalue weighted by atomic mass is 10.1. The van der Waals surface area contributed by atoms with E-state index in [1.165, 1.54) is 4.90 Å². The zero-order valence-electron chi connectivity index (χ0n) is 16.3. The zero-order valence-corrected chi connectivity index (χ0v) is 17.1. The predicted molar refractivity (Wildman–Crippen MR) is 105 cm³/mol. The van der Waals surface area contributed by atoms with E-state index in [-0.39, 0.29) is 25.1 Å². The Hall–Kier alpha value is -2.31. The van der Waals surface area contributed by atoms with Gasteiger partial charge in [0, 0.05) is 31.5 Å². The third-order valence-electron chi connectivity index (χ3n) is 4.23. The first-order valence-corrected chi connectivity index (χ1v) is 11.0. The number of carbonyl (C=O) groups is 1. The van der Waals surface area contributed by atoms with Gasteiger partial charge in [-0.2, -0.15) is 5.26 Å². The SMILES string of the molecule is CC(C)Oc1ccc(NS(=O)(=O)CC(=O)N(CCC#N)C2CCOCC2)cc1. The first-order valence-electron chi connectivity index (χ1n) is 9.32. The van der Waals surface area contributed by atoms with Crippen molar-refractivity contribution >= 4 is 21.6 Å². The summed E-state index contributed by atoms with van der Waals surface area (Å²) in [6.07, 6.45) is 1.46. The van der Waals surface area contributed by atoms with E-state index in [1.807, 2.05) is 19.9 Å². The normalized spacial score (nSPS) is 15.1. The third kappa shape index (κ3) is 7.02. The fraction of sp³-hybridized carbons (Fsp3) is 0.579. The van der Waals surface area contributed by atoms with Crippen LogP contribution in [0, 0.1) is 11.3 Å². The summed E-state index contributed by atoms with van der Waals surface area (Å²) in [7, 11) is -3.87. The number of ether oxygens (including phenoxy) is 2. The second kappa shape index (κ2) is 10.3. The molecule has 0 unspecified atom stereocenters. The molecule has 154 valence electrons. The molecule has 1 saturated heterocycles. The molecule has 0 aromatic heterocycles. The van der Waals surface area contributed by atoms with Crippen molar-refractivity contribution in [2.45, 2.75) is 45.3 Å². The Bertz CT molecular complexity index is 781. The molecule has 8 nitrogen and oxygen atoms in total. The van der Waals surface area contributed by atoms with Crippen molar-refractivity contribution in [1.29, 1.82) is 5.26 Å². The first kappa shape index (κ1) is 22.0. The minimum atomic E-state index is -3.87. The van der Waals surface area contributed by atoms with Gasteiger partial charge in [-0.05, 0) is 51.0 Å². The molecule has 0 spiro atoms. The number of sulfonamides is 1. The number of carbonyl (C=O) groups excluding carboxylic acids is 1. The highest BCUT2D eigenvalue weighted by molar-refractivity contribution is 7.93. The van der Waals surface area contributed by atoms with E-state index >= 15 is 0 Å². The van der Waals surface area contributed by atoms with Crippen molar-refractivity contribution in [3.8, 4) is 11.8 Å². The van der Waals surface area contributed by atoms with Crippen molar-refractivity contribution in [3.05, 3.63) is 24.3 Å². The Balaban J connectivity index is 2.01. The molecule has 1 aromatic carbocycles. The van der Waals surface area contributed by atoms with Crippen LogP contribution in [0.5, 0.6) is 5.75 Å². The summed E-state index contributed by atoms with van der Waals surface area (Å²) in [5.41, 5.74) is 0.360. The molecule has 0 aliphatic carbocycles. The summed E-state index contributed by atoms with van der Waals surface area (Å²) in [6, 6.07) is 8.42. The minimum Gasteiger partial charge on any atom is -0.491 e. The summed E-state index contributed by atoms with van der Waals surface area (Å²) in [5, 5.41) is 8.85. The highest BCUT2D eigenvalue weighted by atomic mass is 32.2. The minimum absolute atomic E-state index is 0.0183. The van der Waals surface area contributed by atoms with Gasteiger partial charge in [-0.25, -0.2) is 8.42 Å². The second-order valence-electron chi connectivity index (χ2n) is 6.89. The van der Waals surface area contributed by atoms with Crippen LogP contribution < -0.4 is 9.46 Å². The van der Waals surface area contributed by atoms with E-state index in [1.54, 1.807) is 24.3 Å². The molecule has 2 rings (SSSR count). The van der Waals surface area contributed by atoms with Crippen LogP contribution in [-0.4, -0.2) is 56.9 Å². The molecule has 1 fully saturated rings. The van der Waals surface area contributed by atoms with Crippen molar-refractivity contribution in [2.75, 3.05) is 30.2 Å². The molecule has 1 amide bonds. The molecule has 1 aliphatic rings. The molecule has 1 aliphatic heterocycles. The van der Waals surface area contributed by atoms with Crippen molar-refractivity contribution in [1.82, 2.24) is 4.90 Å². The van der Waals surface area contributed by atoms with Gasteiger partial charge in [0.2, 0.25) is 15.9 Å². The molecule has 28 heavy (non-hydrogen) atoms. The van der Waals surface area contributed by atoms with Gasteiger partial charge in [-0.15, -0.1) is 0 Å². The van der Waals surface area contributed by atoms with E-state index in [9.17, 15) is 13.2 Å². The van der Waals surface area contributed by atoms with E-state index in [4.69, 9.17) is 14.7 Å². The molecule has 1 heterocycles. The topological polar surface area (TPSA) is 109 Å². The van der Waals surface area contributed by atoms with Gasteiger partial charge in [-0.1, -0.05) is 0 Å². The van der Waals surface area contributed by atoms with Crippen molar-refractivity contribution < 1.29 is 22.7 Å². The summed E-state index contributed by atoms with van der Waals surface area (Å²) in [6.45, 7) is 5.07. The van der Waals surface area contributed by atoms with E-state index in [0.717, 1.165) is 0 Å². The van der Waals surface area contributed by atoms with E-state index < -0.39 is 21.7 Å². The molecule has 0 atom stereocenters. The van der Waals surface area contributed by atoms with Crippen molar-refractivity contribution in [3.63, 3.8) is 0 Å². The van der Waals surface area contributed by atoms with Crippen LogP contribution >= 0.6 is 0 Å². The number of benzene rings is 1. The van der Waals surface area contributed by atoms with Gasteiger partial charge in [0.15, 0.2) is 0 Å². The summed E-state index contributed by atoms with van der Waals surface area (Å²) >= 11 is 0. The fourth-order valence-corrected chi connectivity index (χ4v) is 4.07. The highest BCUT2D eigenvalue weighted by Gasteiger charge is 2.28. The fourth-order valence-electron chi connectivity index (χ4n) is 3.01. The Morgan fingerprint density at radius 2 is 1.96 bits per heavy atom. The second-order valence-corrected chi connectivity index (χ2v) is 8.61. The lowest BCUT2D eigenvalue weighted by Crippen LogP contribution is -2.46. The molecular formula is C19H27N3O5S. The van der Waals surface area contributed by atoms with Crippen LogP contribution in [-0.2, 0) is 19.6 Å². The van der Waals surface area contributed by atoms with Gasteiger partial charge >= 0.3 is 0 Å². The quantitative estimate of drug-likeness (QED) is 0.669. The standard InChI is InChI=1S/C19H27N3O5S/c1-15(2)27-18-6-4-16(5-7-18)21-28(24,25)14-19(23)22(11-3-10-20)17-8-12-26-13-9-17/h4-7,15,17,21H,3,8-9,11-14H2,1-2H3. The average Bonchev–Trinajstić information content (AvgIpc) is 2.63. The van der Waals surface area contributed by atoms with Crippen LogP contribution in [0.1, 0.15) is 33.1 Å². The lowest BCUT2D eigenvalue weighted by Gasteiger charge is -2.33. The number of rotatable bonds is 9. The number of hydrogen-bond acceptors (Lipinski definition) is 6. The molecule has 0 radical (unpaired) electrons. The summed E-state index contributed by atoms with van der Waals surface area (Å²) in [5.74, 6) is -0.536. The third-order valence-corrected chi connectivity index (χ3v) is 5.40. The number of nitrogens with one attached hydrogen (secondary N) is 1. The number of amides is 1. The smallest absolute Gasteiger partial charge is 0.241 e. The molecule has 0 bridgehead atoms. The Morgan fingerprint density at radius 1 is 1.32 bits per heavy atom. The molecule has 9 heteroatoms. The van der Waals surface area contributed by atoms with Gasteiger partial charge in [0.25, 0.3) is 0 Å². The van der Waals surface area contributed by atoms with Crippen LogP contribution in [0.15, 0.2) is 24.3 Å². The Morgan fingerprint density at radius 3 is 2.54 bits per heavy atom. The Kier molecular flexibility index (Phi) is 8.08. The van der Waals surface area contributed by atoms with Crippen LogP contribution in [0.2, 0.25) is 0 Å². The van der Waals surface area contributed by atoms with E-state index in [2.05, 4.69) is 4.72 Å². The van der Waals surface area contributed by atoms with Crippen LogP contribution in [0.3, 0.4) is 0 Å². The maximum atomic E-state index is 12.7. The first-order chi connectivity index (χ1) is 13.3. The van der Waals surface area contributed by atoms with E-state index in [0.29, 0.717) is 37.5 Å². The molecule has 1 N–H and O–H groups in total. The summed E-state index contributed by atoms with van der Waals surface area (Å²) in [4.78, 5) is 14.2. The Labute approximate surface area is 166 Å². The maximum Gasteiger partial charge on any atom is 0.241 e. The van der Waals surface area contributed by atoms with Gasteiger partial charge < -0.3 is 14.4 Å². The predicted octanol–water partition coefficient (Wildman–Crippen LogP) is 2.14. The van der Waals surface area contributed by atoms with Gasteiger partial charge in [0.1, 0.15) is 11.5 Å². The zero-order chi connectivity index (χ0) is 20.6. The molecular weight excluding hydrogens is 382 g/mol. The number of anilines is 1. The van der Waals surface area contributed by atoms with Crippen LogP contribution in [0.4, 0.5) is 5.69 Å². The average molecular weight is 410 g/mol. The number of hydrogen-bond donors (Lipinski definition) is 1. The maximum absolute atomic E-state index is 12.7. The largest absolute Gasteiger partial charge is 0.491 e. The van der Waals surface area contributed by atoms with Gasteiger partial charge in [0.05, 0.1) is 18.6 Å². The summed E-state index contributed by atoms with van der Waals surface area (Å²) < 4.78 is 38.2. The van der Waals surface area contributed by atoms with Crippen LogP contribution in [0.25, 0.3) is 0 Å². The molecule has 1 aromatic rings. The highest BCUT2D eigenvalue weighted by Crippen LogP contribution is 2.19. The lowest BCUT2D eigenvalue weighted by molar-refractivity contribution is -0.132. The number of nitriles is 1. The van der Waals surface area contributed by atoms with Crippen molar-refractivity contribution in [2.24, 2.45) is 0 Å². The van der Waals surface area contributed by atoms with Gasteiger partial charge in [-0.3, -0.25) is 9.52 Å². The molecule has 0 saturated carbocycles.